The molecule has 5 heteroatoms. The average Bonchev–Trinajstić information content (AvgIpc) is 2.86. The predicted molar refractivity (Wildman–Crippen MR) is 75.1 cm³/mol. The average molecular weight is 280 g/mol. The first-order chi connectivity index (χ1) is 9.52. The van der Waals surface area contributed by atoms with Gasteiger partial charge in [0.2, 0.25) is 5.91 Å². The fourth-order valence-corrected chi connectivity index (χ4v) is 2.64. The third-order valence-corrected chi connectivity index (χ3v) is 3.69. The monoisotopic (exact) mass is 280 g/mol. The first-order valence-electron chi connectivity index (χ1n) is 6.80. The molecule has 1 heterocycles. The molecule has 0 aromatic heterocycles. The molecular formula is C15H21FN2O2. The fraction of sp³-hybridized carbons (Fsp3) is 0.533. The molecule has 1 amide bonds. The molecule has 1 aromatic carbocycles. The summed E-state index contributed by atoms with van der Waals surface area (Å²) in [6.45, 7) is 1.46. The first kappa shape index (κ1) is 14.8. The van der Waals surface area contributed by atoms with Gasteiger partial charge in [-0.3, -0.25) is 9.69 Å². The van der Waals surface area contributed by atoms with Crippen molar-refractivity contribution in [3.05, 3.63) is 29.6 Å². The van der Waals surface area contributed by atoms with Crippen molar-refractivity contribution in [2.75, 3.05) is 27.7 Å². The van der Waals surface area contributed by atoms with Crippen LogP contribution in [-0.2, 0) is 11.3 Å². The lowest BCUT2D eigenvalue weighted by Crippen LogP contribution is -2.42. The molecule has 0 spiro atoms. The maximum absolute atomic E-state index is 13.7. The molecule has 0 bridgehead atoms. The van der Waals surface area contributed by atoms with Crippen molar-refractivity contribution in [1.29, 1.82) is 0 Å². The van der Waals surface area contributed by atoms with Gasteiger partial charge in [-0.1, -0.05) is 6.07 Å². The smallest absolute Gasteiger partial charge is 0.239 e. The molecule has 0 saturated carbocycles. The normalized spacial score (nSPS) is 19.1. The van der Waals surface area contributed by atoms with E-state index in [0.29, 0.717) is 6.54 Å². The Morgan fingerprint density at radius 2 is 2.25 bits per heavy atom. The van der Waals surface area contributed by atoms with Gasteiger partial charge in [-0.05, 0) is 37.1 Å². The Hall–Kier alpha value is -1.62. The maximum Gasteiger partial charge on any atom is 0.239 e. The van der Waals surface area contributed by atoms with Crippen LogP contribution < -0.4 is 4.74 Å². The summed E-state index contributed by atoms with van der Waals surface area (Å²) in [5, 5.41) is 0. The van der Waals surface area contributed by atoms with E-state index in [-0.39, 0.29) is 23.5 Å². The van der Waals surface area contributed by atoms with Crippen LogP contribution in [0.15, 0.2) is 18.2 Å². The standard InChI is InChI=1S/C15H21FN2O2/c1-17(2)15(19)13-5-4-8-18(13)10-11-6-7-14(20-3)12(16)9-11/h6-7,9,13H,4-5,8,10H2,1-3H3/t13-/m1/s1. The Kier molecular flexibility index (Phi) is 4.60. The quantitative estimate of drug-likeness (QED) is 0.844. The zero-order valence-electron chi connectivity index (χ0n) is 12.2. The number of likely N-dealkylation sites (N-methyl/N-ethyl adjacent to an activating group) is 1. The van der Waals surface area contributed by atoms with Gasteiger partial charge in [0.1, 0.15) is 0 Å². The van der Waals surface area contributed by atoms with Crippen LogP contribution in [0.1, 0.15) is 18.4 Å². The highest BCUT2D eigenvalue weighted by Crippen LogP contribution is 2.23. The minimum atomic E-state index is -0.361. The molecule has 2 rings (SSSR count). The van der Waals surface area contributed by atoms with E-state index in [4.69, 9.17) is 4.74 Å². The number of hydrogen-bond donors (Lipinski definition) is 0. The molecule has 20 heavy (non-hydrogen) atoms. The fourth-order valence-electron chi connectivity index (χ4n) is 2.64. The number of ether oxygens (including phenoxy) is 1. The summed E-state index contributed by atoms with van der Waals surface area (Å²) in [4.78, 5) is 15.8. The van der Waals surface area contributed by atoms with E-state index in [0.717, 1.165) is 24.9 Å². The van der Waals surface area contributed by atoms with Gasteiger partial charge in [-0.2, -0.15) is 0 Å². The molecule has 1 fully saturated rings. The second-order valence-corrected chi connectivity index (χ2v) is 5.33. The van der Waals surface area contributed by atoms with Crippen LogP contribution in [0.3, 0.4) is 0 Å². The summed E-state index contributed by atoms with van der Waals surface area (Å²) in [6, 6.07) is 4.87. The van der Waals surface area contributed by atoms with Crippen molar-refractivity contribution in [3.63, 3.8) is 0 Å². The van der Waals surface area contributed by atoms with Crippen molar-refractivity contribution in [2.45, 2.75) is 25.4 Å². The second-order valence-electron chi connectivity index (χ2n) is 5.33. The molecule has 1 aliphatic rings. The van der Waals surface area contributed by atoms with E-state index < -0.39 is 0 Å². The van der Waals surface area contributed by atoms with Gasteiger partial charge in [-0.25, -0.2) is 4.39 Å². The number of halogens is 1. The summed E-state index contributed by atoms with van der Waals surface area (Å²) in [6.07, 6.45) is 1.87. The Balaban J connectivity index is 2.09. The lowest BCUT2D eigenvalue weighted by Gasteiger charge is -2.26. The van der Waals surface area contributed by atoms with Gasteiger partial charge < -0.3 is 9.64 Å². The molecular weight excluding hydrogens is 259 g/mol. The summed E-state index contributed by atoms with van der Waals surface area (Å²) in [5.74, 6) is 0.00672. The van der Waals surface area contributed by atoms with E-state index in [1.807, 2.05) is 6.07 Å². The van der Waals surface area contributed by atoms with E-state index in [1.165, 1.54) is 13.2 Å². The highest BCUT2D eigenvalue weighted by Gasteiger charge is 2.31. The SMILES string of the molecule is COc1ccc(CN2CCC[C@@H]2C(=O)N(C)C)cc1F. The molecule has 0 unspecified atom stereocenters. The van der Waals surface area contributed by atoms with Gasteiger partial charge in [0.05, 0.1) is 13.2 Å². The minimum Gasteiger partial charge on any atom is -0.494 e. The van der Waals surface area contributed by atoms with E-state index in [9.17, 15) is 9.18 Å². The van der Waals surface area contributed by atoms with Gasteiger partial charge in [0.25, 0.3) is 0 Å². The van der Waals surface area contributed by atoms with Crippen molar-refractivity contribution in [2.24, 2.45) is 0 Å². The molecule has 1 aliphatic heterocycles. The number of carbonyl (C=O) groups excluding carboxylic acids is 1. The van der Waals surface area contributed by atoms with Gasteiger partial charge in [0, 0.05) is 20.6 Å². The minimum absolute atomic E-state index is 0.0878. The predicted octanol–water partition coefficient (Wildman–Crippen LogP) is 1.89. The van der Waals surface area contributed by atoms with Crippen LogP contribution in [0, 0.1) is 5.82 Å². The molecule has 1 atom stereocenters. The third kappa shape index (κ3) is 3.10. The molecule has 1 aromatic rings. The number of methoxy groups -OCH3 is 1. The Morgan fingerprint density at radius 3 is 2.85 bits per heavy atom. The van der Waals surface area contributed by atoms with Crippen molar-refractivity contribution in [1.82, 2.24) is 9.80 Å². The van der Waals surface area contributed by atoms with Crippen molar-refractivity contribution in [3.8, 4) is 5.75 Å². The number of rotatable bonds is 4. The molecule has 1 saturated heterocycles. The highest BCUT2D eigenvalue weighted by atomic mass is 19.1. The van der Waals surface area contributed by atoms with Crippen LogP contribution >= 0.6 is 0 Å². The van der Waals surface area contributed by atoms with Crippen LogP contribution in [0.2, 0.25) is 0 Å². The van der Waals surface area contributed by atoms with Gasteiger partial charge in [0.15, 0.2) is 11.6 Å². The zero-order chi connectivity index (χ0) is 14.7. The summed E-state index contributed by atoms with van der Waals surface area (Å²) in [5.41, 5.74) is 0.863. The van der Waals surface area contributed by atoms with Crippen molar-refractivity contribution < 1.29 is 13.9 Å². The summed E-state index contributed by atoms with van der Waals surface area (Å²) < 4.78 is 18.6. The molecule has 0 aliphatic carbocycles. The first-order valence-corrected chi connectivity index (χ1v) is 6.80. The molecule has 110 valence electrons. The topological polar surface area (TPSA) is 32.8 Å². The molecule has 0 radical (unpaired) electrons. The Labute approximate surface area is 119 Å². The molecule has 4 nitrogen and oxygen atoms in total. The lowest BCUT2D eigenvalue weighted by atomic mass is 10.1. The van der Waals surface area contributed by atoms with Crippen LogP contribution in [-0.4, -0.2) is 49.5 Å². The van der Waals surface area contributed by atoms with E-state index >= 15 is 0 Å². The van der Waals surface area contributed by atoms with E-state index in [2.05, 4.69) is 4.90 Å². The van der Waals surface area contributed by atoms with Crippen LogP contribution in [0.4, 0.5) is 4.39 Å². The highest BCUT2D eigenvalue weighted by molar-refractivity contribution is 5.81. The molecule has 0 N–H and O–H groups in total. The number of carbonyl (C=O) groups is 1. The lowest BCUT2D eigenvalue weighted by molar-refractivity contribution is -0.133. The second kappa shape index (κ2) is 6.22. The van der Waals surface area contributed by atoms with Crippen LogP contribution in [0.5, 0.6) is 5.75 Å². The van der Waals surface area contributed by atoms with Gasteiger partial charge >= 0.3 is 0 Å². The zero-order valence-corrected chi connectivity index (χ0v) is 12.2. The summed E-state index contributed by atoms with van der Waals surface area (Å²) in [7, 11) is 4.99. The number of likely N-dealkylation sites (tertiary alicyclic amines) is 1. The third-order valence-electron chi connectivity index (χ3n) is 3.69. The van der Waals surface area contributed by atoms with Gasteiger partial charge in [-0.15, -0.1) is 0 Å². The Bertz CT molecular complexity index is 491. The largest absolute Gasteiger partial charge is 0.494 e. The van der Waals surface area contributed by atoms with E-state index in [1.54, 1.807) is 25.1 Å². The number of hydrogen-bond acceptors (Lipinski definition) is 3. The number of nitrogens with zero attached hydrogens (tertiary/aromatic N) is 2. The van der Waals surface area contributed by atoms with Crippen LogP contribution in [0.25, 0.3) is 0 Å². The summed E-state index contributed by atoms with van der Waals surface area (Å²) >= 11 is 0. The van der Waals surface area contributed by atoms with Crippen molar-refractivity contribution >= 4 is 5.91 Å². The number of benzene rings is 1. The number of amides is 1. The maximum atomic E-state index is 13.7. The Morgan fingerprint density at radius 1 is 1.50 bits per heavy atom.